The molecule has 0 saturated carbocycles. The Kier molecular flexibility index (Phi) is 4.86. The molecule has 0 bridgehead atoms. The van der Waals surface area contributed by atoms with Gasteiger partial charge in [-0.1, -0.05) is 17.7 Å². The molecular weight excluding hydrogens is 288 g/mol. The van der Waals surface area contributed by atoms with Gasteiger partial charge in [-0.15, -0.1) is 0 Å². The Morgan fingerprint density at radius 2 is 1.96 bits per heavy atom. The molecule has 1 aromatic heterocycles. The molecule has 2 aromatic rings. The molecule has 1 saturated heterocycles. The van der Waals surface area contributed by atoms with Gasteiger partial charge >= 0.3 is 0 Å². The van der Waals surface area contributed by atoms with Crippen LogP contribution in [0.25, 0.3) is 0 Å². The zero-order chi connectivity index (χ0) is 16.1. The van der Waals surface area contributed by atoms with Gasteiger partial charge in [-0.25, -0.2) is 9.97 Å². The SMILES string of the molecule is Cc1cccc(C(=O)NCC2CCN(c3ncccn3)CC2)c1. The maximum Gasteiger partial charge on any atom is 0.251 e. The van der Waals surface area contributed by atoms with Gasteiger partial charge in [0.05, 0.1) is 0 Å². The van der Waals surface area contributed by atoms with Crippen LogP contribution >= 0.6 is 0 Å². The number of hydrogen-bond acceptors (Lipinski definition) is 4. The first-order chi connectivity index (χ1) is 11.2. The van der Waals surface area contributed by atoms with Gasteiger partial charge in [0.25, 0.3) is 5.91 Å². The number of piperidine rings is 1. The molecule has 0 atom stereocenters. The summed E-state index contributed by atoms with van der Waals surface area (Å²) in [6.45, 7) is 4.61. The maximum atomic E-state index is 12.2. The molecule has 5 nitrogen and oxygen atoms in total. The van der Waals surface area contributed by atoms with Crippen molar-refractivity contribution in [2.24, 2.45) is 5.92 Å². The molecule has 1 aliphatic heterocycles. The second kappa shape index (κ2) is 7.22. The van der Waals surface area contributed by atoms with E-state index in [2.05, 4.69) is 20.2 Å². The smallest absolute Gasteiger partial charge is 0.251 e. The highest BCUT2D eigenvalue weighted by atomic mass is 16.1. The zero-order valence-electron chi connectivity index (χ0n) is 13.4. The van der Waals surface area contributed by atoms with E-state index < -0.39 is 0 Å². The lowest BCUT2D eigenvalue weighted by atomic mass is 9.97. The number of nitrogens with zero attached hydrogens (tertiary/aromatic N) is 3. The van der Waals surface area contributed by atoms with Crippen LogP contribution in [0.3, 0.4) is 0 Å². The third kappa shape index (κ3) is 4.06. The fourth-order valence-corrected chi connectivity index (χ4v) is 2.92. The number of nitrogens with one attached hydrogen (secondary N) is 1. The Labute approximate surface area is 136 Å². The summed E-state index contributed by atoms with van der Waals surface area (Å²) in [5.74, 6) is 1.33. The number of carbonyl (C=O) groups is 1. The summed E-state index contributed by atoms with van der Waals surface area (Å²) in [4.78, 5) is 23.0. The van der Waals surface area contributed by atoms with Gasteiger partial charge in [0.2, 0.25) is 5.95 Å². The number of aromatic nitrogens is 2. The summed E-state index contributed by atoms with van der Waals surface area (Å²) in [6, 6.07) is 9.53. The fraction of sp³-hybridized carbons (Fsp3) is 0.389. The molecule has 2 heterocycles. The zero-order valence-corrected chi connectivity index (χ0v) is 13.4. The molecule has 3 rings (SSSR count). The molecule has 0 unspecified atom stereocenters. The van der Waals surface area contributed by atoms with E-state index in [1.165, 1.54) is 0 Å². The predicted molar refractivity (Wildman–Crippen MR) is 90.5 cm³/mol. The van der Waals surface area contributed by atoms with Crippen molar-refractivity contribution in [2.45, 2.75) is 19.8 Å². The van der Waals surface area contributed by atoms with Crippen LogP contribution in [0.4, 0.5) is 5.95 Å². The van der Waals surface area contributed by atoms with E-state index >= 15 is 0 Å². The van der Waals surface area contributed by atoms with Crippen LogP contribution in [0, 0.1) is 12.8 Å². The minimum Gasteiger partial charge on any atom is -0.352 e. The van der Waals surface area contributed by atoms with Gasteiger partial charge in [-0.2, -0.15) is 0 Å². The summed E-state index contributed by atoms with van der Waals surface area (Å²) < 4.78 is 0. The van der Waals surface area contributed by atoms with Gasteiger partial charge in [-0.3, -0.25) is 4.79 Å². The molecular formula is C18H22N4O. The summed E-state index contributed by atoms with van der Waals surface area (Å²) in [6.07, 6.45) is 5.64. The highest BCUT2D eigenvalue weighted by Gasteiger charge is 2.21. The van der Waals surface area contributed by atoms with Gasteiger partial charge < -0.3 is 10.2 Å². The summed E-state index contributed by atoms with van der Waals surface area (Å²) in [5.41, 5.74) is 1.84. The first-order valence-corrected chi connectivity index (χ1v) is 8.09. The third-order valence-electron chi connectivity index (χ3n) is 4.28. The van der Waals surface area contributed by atoms with Crippen molar-refractivity contribution in [3.05, 3.63) is 53.9 Å². The number of benzene rings is 1. The average molecular weight is 310 g/mol. The Hall–Kier alpha value is -2.43. The topological polar surface area (TPSA) is 58.1 Å². The fourth-order valence-electron chi connectivity index (χ4n) is 2.92. The van der Waals surface area contributed by atoms with E-state index in [1.807, 2.05) is 37.3 Å². The van der Waals surface area contributed by atoms with Crippen LogP contribution in [0.5, 0.6) is 0 Å². The van der Waals surface area contributed by atoms with Crippen molar-refractivity contribution in [2.75, 3.05) is 24.5 Å². The Bertz CT molecular complexity index is 651. The van der Waals surface area contributed by atoms with Crippen molar-refractivity contribution in [3.8, 4) is 0 Å². The highest BCUT2D eigenvalue weighted by Crippen LogP contribution is 2.19. The number of anilines is 1. The minimum atomic E-state index is 0.0162. The number of hydrogen-bond donors (Lipinski definition) is 1. The van der Waals surface area contributed by atoms with Gasteiger partial charge in [0, 0.05) is 37.6 Å². The minimum absolute atomic E-state index is 0.0162. The van der Waals surface area contributed by atoms with Gasteiger partial charge in [0.15, 0.2) is 0 Å². The number of carbonyl (C=O) groups excluding carboxylic acids is 1. The average Bonchev–Trinajstić information content (AvgIpc) is 2.61. The quantitative estimate of drug-likeness (QED) is 0.942. The van der Waals surface area contributed by atoms with E-state index in [4.69, 9.17) is 0 Å². The molecule has 1 fully saturated rings. The van der Waals surface area contributed by atoms with Crippen LogP contribution in [0.1, 0.15) is 28.8 Å². The molecule has 1 aromatic carbocycles. The van der Waals surface area contributed by atoms with Crippen LogP contribution in [-0.4, -0.2) is 35.5 Å². The molecule has 0 radical (unpaired) electrons. The van der Waals surface area contributed by atoms with E-state index in [9.17, 15) is 4.79 Å². The van der Waals surface area contributed by atoms with Crippen LogP contribution in [0.2, 0.25) is 0 Å². The standard InChI is InChI=1S/C18H22N4O/c1-14-4-2-5-16(12-14)17(23)21-13-15-6-10-22(11-7-15)18-19-8-3-9-20-18/h2-5,8-9,12,15H,6-7,10-11,13H2,1H3,(H,21,23). The number of rotatable bonds is 4. The highest BCUT2D eigenvalue weighted by molar-refractivity contribution is 5.94. The van der Waals surface area contributed by atoms with E-state index in [0.29, 0.717) is 5.92 Å². The van der Waals surface area contributed by atoms with Crippen LogP contribution in [-0.2, 0) is 0 Å². The van der Waals surface area contributed by atoms with Crippen molar-refractivity contribution < 1.29 is 4.79 Å². The third-order valence-corrected chi connectivity index (χ3v) is 4.28. The van der Waals surface area contributed by atoms with Gasteiger partial charge in [0.1, 0.15) is 0 Å². The van der Waals surface area contributed by atoms with Crippen molar-refractivity contribution in [3.63, 3.8) is 0 Å². The Morgan fingerprint density at radius 1 is 1.22 bits per heavy atom. The lowest BCUT2D eigenvalue weighted by molar-refractivity contribution is 0.0945. The molecule has 5 heteroatoms. The van der Waals surface area contributed by atoms with Crippen molar-refractivity contribution in [1.82, 2.24) is 15.3 Å². The van der Waals surface area contributed by atoms with Gasteiger partial charge in [-0.05, 0) is 43.9 Å². The van der Waals surface area contributed by atoms with E-state index in [-0.39, 0.29) is 5.91 Å². The molecule has 23 heavy (non-hydrogen) atoms. The van der Waals surface area contributed by atoms with Crippen molar-refractivity contribution >= 4 is 11.9 Å². The molecule has 120 valence electrons. The lowest BCUT2D eigenvalue weighted by Gasteiger charge is -2.31. The van der Waals surface area contributed by atoms with Crippen molar-refractivity contribution in [1.29, 1.82) is 0 Å². The largest absolute Gasteiger partial charge is 0.352 e. The van der Waals surface area contributed by atoms with E-state index in [0.717, 1.165) is 49.6 Å². The maximum absolute atomic E-state index is 12.2. The summed E-state index contributed by atoms with van der Waals surface area (Å²) in [5, 5.41) is 3.06. The first-order valence-electron chi connectivity index (χ1n) is 8.09. The molecule has 1 N–H and O–H groups in total. The second-order valence-corrected chi connectivity index (χ2v) is 6.06. The number of aryl methyl sites for hydroxylation is 1. The molecule has 0 spiro atoms. The molecule has 1 aliphatic rings. The molecule has 0 aliphatic carbocycles. The second-order valence-electron chi connectivity index (χ2n) is 6.06. The lowest BCUT2D eigenvalue weighted by Crippen LogP contribution is -2.39. The monoisotopic (exact) mass is 310 g/mol. The normalized spacial score (nSPS) is 15.4. The Balaban J connectivity index is 1.47. The van der Waals surface area contributed by atoms with E-state index in [1.54, 1.807) is 12.4 Å². The molecule has 1 amide bonds. The van der Waals surface area contributed by atoms with Crippen LogP contribution in [0.15, 0.2) is 42.7 Å². The Morgan fingerprint density at radius 3 is 2.65 bits per heavy atom. The van der Waals surface area contributed by atoms with Crippen LogP contribution < -0.4 is 10.2 Å². The summed E-state index contributed by atoms with van der Waals surface area (Å²) in [7, 11) is 0. The first kappa shape index (κ1) is 15.5. The summed E-state index contributed by atoms with van der Waals surface area (Å²) >= 11 is 0. The number of amides is 1. The predicted octanol–water partition coefficient (Wildman–Crippen LogP) is 2.43.